The number of aliphatic carboxylic acids is 2. The largest absolute Gasteiger partial charge is 0.490 e. The van der Waals surface area contributed by atoms with Crippen LogP contribution >= 0.6 is 11.3 Å². The SMILES string of the molecule is CCOCC(=O)N1CCN(Cc2csc(C)n2)c2ncccc2C1.O=C(O)C(F)(F)F.O=C(O)C(F)(F)F. The Kier molecular flexibility index (Phi) is 12.4. The number of nitrogens with zero attached hydrogens (tertiary/aromatic N) is 4. The molecule has 3 heterocycles. The first-order valence-electron chi connectivity index (χ1n) is 10.6. The number of carboxylic acid groups (broad SMARTS) is 2. The zero-order valence-corrected chi connectivity index (χ0v) is 20.9. The third-order valence-corrected chi connectivity index (χ3v) is 5.28. The number of carbonyl (C=O) groups is 3. The highest BCUT2D eigenvalue weighted by atomic mass is 32.1. The molecule has 2 aromatic rings. The second-order valence-electron chi connectivity index (χ2n) is 7.32. The number of ether oxygens (including phenoxy) is 1. The fourth-order valence-corrected chi connectivity index (χ4v) is 3.40. The minimum absolute atomic E-state index is 0.0259. The number of anilines is 1. The number of aromatic nitrogens is 2. The van der Waals surface area contributed by atoms with Crippen LogP contribution in [0.25, 0.3) is 0 Å². The molecule has 0 saturated heterocycles. The molecule has 212 valence electrons. The Morgan fingerprint density at radius 1 is 1.08 bits per heavy atom. The van der Waals surface area contributed by atoms with E-state index in [4.69, 9.17) is 24.5 Å². The van der Waals surface area contributed by atoms with Gasteiger partial charge in [0.2, 0.25) is 5.91 Å². The van der Waals surface area contributed by atoms with E-state index < -0.39 is 24.3 Å². The molecule has 10 nitrogen and oxygen atoms in total. The lowest BCUT2D eigenvalue weighted by atomic mass is 10.2. The van der Waals surface area contributed by atoms with Gasteiger partial charge in [0.15, 0.2) is 0 Å². The van der Waals surface area contributed by atoms with Crippen molar-refractivity contribution in [1.29, 1.82) is 0 Å². The van der Waals surface area contributed by atoms with E-state index in [2.05, 4.69) is 20.2 Å². The fraction of sp³-hybridized carbons (Fsp3) is 0.476. The van der Waals surface area contributed by atoms with E-state index >= 15 is 0 Å². The molecule has 17 heteroatoms. The summed E-state index contributed by atoms with van der Waals surface area (Å²) in [7, 11) is 0. The van der Waals surface area contributed by atoms with E-state index in [9.17, 15) is 31.1 Å². The highest BCUT2D eigenvalue weighted by Gasteiger charge is 2.38. The Balaban J connectivity index is 0.000000426. The molecular formula is C21H24F6N4O6S. The van der Waals surface area contributed by atoms with Gasteiger partial charge in [-0.05, 0) is 19.9 Å². The Morgan fingerprint density at radius 3 is 2.13 bits per heavy atom. The molecule has 1 aliphatic rings. The van der Waals surface area contributed by atoms with Crippen LogP contribution in [0.15, 0.2) is 23.7 Å². The lowest BCUT2D eigenvalue weighted by Gasteiger charge is -2.23. The number of carbonyl (C=O) groups excluding carboxylic acids is 1. The van der Waals surface area contributed by atoms with Gasteiger partial charge in [-0.3, -0.25) is 4.79 Å². The van der Waals surface area contributed by atoms with Crippen LogP contribution in [0.5, 0.6) is 0 Å². The van der Waals surface area contributed by atoms with Crippen LogP contribution in [0.3, 0.4) is 0 Å². The monoisotopic (exact) mass is 574 g/mol. The summed E-state index contributed by atoms with van der Waals surface area (Å²) in [6.45, 7) is 7.27. The van der Waals surface area contributed by atoms with Gasteiger partial charge in [0.05, 0.1) is 17.2 Å². The average Bonchev–Trinajstić information content (AvgIpc) is 3.14. The van der Waals surface area contributed by atoms with Gasteiger partial charge in [0, 0.05) is 43.4 Å². The zero-order chi connectivity index (χ0) is 29.1. The summed E-state index contributed by atoms with van der Waals surface area (Å²) in [5.41, 5.74) is 2.11. The number of halogens is 6. The summed E-state index contributed by atoms with van der Waals surface area (Å²) in [6, 6.07) is 3.95. The highest BCUT2D eigenvalue weighted by Crippen LogP contribution is 2.24. The maximum Gasteiger partial charge on any atom is 0.490 e. The summed E-state index contributed by atoms with van der Waals surface area (Å²) in [4.78, 5) is 43.3. The first kappa shape index (κ1) is 32.6. The van der Waals surface area contributed by atoms with E-state index in [1.807, 2.05) is 30.9 Å². The van der Waals surface area contributed by atoms with Gasteiger partial charge in [0.1, 0.15) is 12.4 Å². The third-order valence-electron chi connectivity index (χ3n) is 4.45. The molecule has 1 aliphatic heterocycles. The van der Waals surface area contributed by atoms with E-state index in [1.54, 1.807) is 17.5 Å². The number of thiazole rings is 1. The van der Waals surface area contributed by atoms with E-state index in [0.29, 0.717) is 26.2 Å². The molecule has 0 radical (unpaired) electrons. The quantitative estimate of drug-likeness (QED) is 0.515. The van der Waals surface area contributed by atoms with Crippen molar-refractivity contribution >= 4 is 35.0 Å². The molecule has 0 spiro atoms. The van der Waals surface area contributed by atoms with Crippen LogP contribution < -0.4 is 4.90 Å². The van der Waals surface area contributed by atoms with Crippen molar-refractivity contribution in [2.75, 3.05) is 31.2 Å². The van der Waals surface area contributed by atoms with Gasteiger partial charge in [-0.25, -0.2) is 19.6 Å². The van der Waals surface area contributed by atoms with E-state index in [-0.39, 0.29) is 12.5 Å². The van der Waals surface area contributed by atoms with Crippen molar-refractivity contribution in [1.82, 2.24) is 14.9 Å². The van der Waals surface area contributed by atoms with Crippen molar-refractivity contribution in [2.24, 2.45) is 0 Å². The molecule has 0 unspecified atom stereocenters. The summed E-state index contributed by atoms with van der Waals surface area (Å²) >= 11 is 1.65. The van der Waals surface area contributed by atoms with Crippen LogP contribution in [0.2, 0.25) is 0 Å². The summed E-state index contributed by atoms with van der Waals surface area (Å²) < 4.78 is 68.7. The average molecular weight is 575 g/mol. The zero-order valence-electron chi connectivity index (χ0n) is 20.0. The van der Waals surface area contributed by atoms with Crippen LogP contribution in [0.1, 0.15) is 23.2 Å². The minimum Gasteiger partial charge on any atom is -0.475 e. The molecule has 2 N–H and O–H groups in total. The molecule has 0 aromatic carbocycles. The molecule has 0 atom stereocenters. The molecule has 3 rings (SSSR count). The molecule has 2 aromatic heterocycles. The van der Waals surface area contributed by atoms with Gasteiger partial charge in [-0.2, -0.15) is 26.3 Å². The highest BCUT2D eigenvalue weighted by molar-refractivity contribution is 7.09. The Hall–Kier alpha value is -3.47. The van der Waals surface area contributed by atoms with Gasteiger partial charge >= 0.3 is 24.3 Å². The smallest absolute Gasteiger partial charge is 0.475 e. The van der Waals surface area contributed by atoms with Crippen molar-refractivity contribution in [2.45, 2.75) is 39.3 Å². The van der Waals surface area contributed by atoms with Gasteiger partial charge in [-0.15, -0.1) is 11.3 Å². The number of amides is 1. The Morgan fingerprint density at radius 2 is 1.66 bits per heavy atom. The summed E-state index contributed by atoms with van der Waals surface area (Å²) in [5.74, 6) is -4.55. The standard InChI is InChI=1S/C17H22N4O2S.2C2HF3O2/c1-3-23-11-16(22)20-7-8-21(10-15-12-24-13(2)19-15)17-14(9-20)5-4-6-18-17;2*3-2(4,5)1(6)7/h4-6,12H,3,7-11H2,1-2H3;2*(H,6,7). The second kappa shape index (κ2) is 14.5. The number of rotatable bonds is 5. The second-order valence-corrected chi connectivity index (χ2v) is 8.39. The van der Waals surface area contributed by atoms with Gasteiger partial charge < -0.3 is 24.7 Å². The maximum absolute atomic E-state index is 12.3. The minimum atomic E-state index is -5.08. The van der Waals surface area contributed by atoms with Crippen molar-refractivity contribution in [3.8, 4) is 0 Å². The van der Waals surface area contributed by atoms with Crippen LogP contribution in [0, 0.1) is 6.92 Å². The number of pyridine rings is 1. The summed E-state index contributed by atoms with van der Waals surface area (Å²) in [5, 5.41) is 17.4. The fourth-order valence-electron chi connectivity index (χ4n) is 2.79. The lowest BCUT2D eigenvalue weighted by molar-refractivity contribution is -0.193. The topological polar surface area (TPSA) is 133 Å². The molecule has 38 heavy (non-hydrogen) atoms. The first-order valence-corrected chi connectivity index (χ1v) is 11.5. The van der Waals surface area contributed by atoms with Crippen LogP contribution in [-0.4, -0.2) is 81.6 Å². The number of carboxylic acids is 2. The third kappa shape index (κ3) is 11.3. The predicted octanol–water partition coefficient (Wildman–Crippen LogP) is 3.50. The number of aryl methyl sites for hydroxylation is 1. The normalized spacial score (nSPS) is 13.3. The molecule has 0 saturated carbocycles. The van der Waals surface area contributed by atoms with E-state index in [0.717, 1.165) is 28.6 Å². The van der Waals surface area contributed by atoms with Crippen molar-refractivity contribution in [3.05, 3.63) is 40.0 Å². The number of fused-ring (bicyclic) bond motifs is 1. The molecule has 0 bridgehead atoms. The maximum atomic E-state index is 12.3. The number of hydrogen-bond donors (Lipinski definition) is 2. The molecular weight excluding hydrogens is 550 g/mol. The van der Waals surface area contributed by atoms with Gasteiger partial charge in [0.25, 0.3) is 0 Å². The summed E-state index contributed by atoms with van der Waals surface area (Å²) in [6.07, 6.45) is -8.37. The Labute approximate surface area is 216 Å². The first-order chi connectivity index (χ1) is 17.6. The van der Waals surface area contributed by atoms with Gasteiger partial charge in [-0.1, -0.05) is 6.07 Å². The predicted molar refractivity (Wildman–Crippen MR) is 121 cm³/mol. The van der Waals surface area contributed by atoms with Crippen LogP contribution in [0.4, 0.5) is 32.2 Å². The van der Waals surface area contributed by atoms with Crippen molar-refractivity contribution in [3.63, 3.8) is 0 Å². The van der Waals surface area contributed by atoms with E-state index in [1.165, 1.54) is 0 Å². The number of alkyl halides is 6. The van der Waals surface area contributed by atoms with Crippen molar-refractivity contribution < 1.29 is 55.7 Å². The lowest BCUT2D eigenvalue weighted by Crippen LogP contribution is -2.37. The number of hydrogen-bond acceptors (Lipinski definition) is 8. The molecule has 0 fully saturated rings. The Bertz CT molecular complexity index is 1050. The van der Waals surface area contributed by atoms with Crippen LogP contribution in [-0.2, 0) is 32.2 Å². The molecule has 0 aliphatic carbocycles. The molecule has 1 amide bonds.